The molecule has 3 rings (SSSR count). The van der Waals surface area contributed by atoms with E-state index in [2.05, 4.69) is 14.9 Å². The Bertz CT molecular complexity index is 491. The molecule has 0 bridgehead atoms. The Labute approximate surface area is 106 Å². The Morgan fingerprint density at radius 2 is 2.39 bits per heavy atom. The Hall–Kier alpha value is -1.65. The van der Waals surface area contributed by atoms with Gasteiger partial charge in [0.05, 0.1) is 5.41 Å². The maximum Gasteiger partial charge on any atom is 0.311 e. The minimum absolute atomic E-state index is 0.269. The van der Waals surface area contributed by atoms with E-state index in [9.17, 15) is 9.90 Å². The lowest BCUT2D eigenvalue weighted by molar-refractivity contribution is -0.149. The van der Waals surface area contributed by atoms with Crippen molar-refractivity contribution >= 4 is 11.8 Å². The number of hydrogen-bond donors (Lipinski definition) is 1. The molecule has 1 aliphatic heterocycles. The van der Waals surface area contributed by atoms with Gasteiger partial charge in [-0.05, 0) is 25.7 Å². The van der Waals surface area contributed by atoms with Crippen LogP contribution in [0.5, 0.6) is 0 Å². The van der Waals surface area contributed by atoms with Gasteiger partial charge in [0.25, 0.3) is 0 Å². The standard InChI is InChI=1S/C13H17N3O2/c1-9-5-11(15-8-14-9)16-6-10-3-2-4-13(10,7-16)12(17)18/h5,8,10H,2-4,6-7H2,1H3,(H,17,18)/t10-,13+/m0/s1. The zero-order chi connectivity index (χ0) is 12.8. The number of aromatic nitrogens is 2. The third-order valence-corrected chi connectivity index (χ3v) is 4.41. The fourth-order valence-electron chi connectivity index (χ4n) is 3.43. The van der Waals surface area contributed by atoms with Gasteiger partial charge >= 0.3 is 5.97 Å². The summed E-state index contributed by atoms with van der Waals surface area (Å²) in [7, 11) is 0. The van der Waals surface area contributed by atoms with Gasteiger partial charge in [0.2, 0.25) is 0 Å². The number of nitrogens with zero attached hydrogens (tertiary/aromatic N) is 3. The second-order valence-corrected chi connectivity index (χ2v) is 5.45. The monoisotopic (exact) mass is 247 g/mol. The number of fused-ring (bicyclic) bond motifs is 1. The number of rotatable bonds is 2. The Balaban J connectivity index is 1.89. The Morgan fingerprint density at radius 1 is 1.56 bits per heavy atom. The first kappa shape index (κ1) is 11.4. The lowest BCUT2D eigenvalue weighted by Crippen LogP contribution is -2.35. The van der Waals surface area contributed by atoms with Crippen molar-refractivity contribution in [3.63, 3.8) is 0 Å². The number of hydrogen-bond acceptors (Lipinski definition) is 4. The smallest absolute Gasteiger partial charge is 0.311 e. The molecule has 1 aromatic heterocycles. The molecule has 1 aliphatic carbocycles. The summed E-state index contributed by atoms with van der Waals surface area (Å²) in [4.78, 5) is 22.0. The maximum absolute atomic E-state index is 11.6. The van der Waals surface area contributed by atoms with E-state index in [1.807, 2.05) is 13.0 Å². The van der Waals surface area contributed by atoms with Crippen molar-refractivity contribution in [3.05, 3.63) is 18.1 Å². The van der Waals surface area contributed by atoms with E-state index in [0.29, 0.717) is 6.54 Å². The number of aryl methyl sites for hydroxylation is 1. The van der Waals surface area contributed by atoms with E-state index >= 15 is 0 Å². The highest BCUT2D eigenvalue weighted by atomic mass is 16.4. The first-order chi connectivity index (χ1) is 8.62. The van der Waals surface area contributed by atoms with Gasteiger partial charge in [0, 0.05) is 24.8 Å². The van der Waals surface area contributed by atoms with Crippen LogP contribution in [0.25, 0.3) is 0 Å². The van der Waals surface area contributed by atoms with Gasteiger partial charge in [-0.15, -0.1) is 0 Å². The van der Waals surface area contributed by atoms with E-state index in [-0.39, 0.29) is 5.92 Å². The summed E-state index contributed by atoms with van der Waals surface area (Å²) in [5.74, 6) is 0.487. The molecule has 0 amide bonds. The van der Waals surface area contributed by atoms with E-state index in [4.69, 9.17) is 0 Å². The predicted octanol–water partition coefficient (Wildman–Crippen LogP) is 1.48. The highest BCUT2D eigenvalue weighted by molar-refractivity contribution is 5.77. The predicted molar refractivity (Wildman–Crippen MR) is 66.4 cm³/mol. The summed E-state index contributed by atoms with van der Waals surface area (Å²) in [6.45, 7) is 3.32. The molecule has 18 heavy (non-hydrogen) atoms. The first-order valence-electron chi connectivity index (χ1n) is 6.39. The second kappa shape index (κ2) is 3.93. The van der Waals surface area contributed by atoms with E-state index in [1.165, 1.54) is 0 Å². The third kappa shape index (κ3) is 1.57. The summed E-state index contributed by atoms with van der Waals surface area (Å²) in [6.07, 6.45) is 4.40. The molecule has 2 aliphatic rings. The molecular formula is C13H17N3O2. The summed E-state index contributed by atoms with van der Waals surface area (Å²) >= 11 is 0. The van der Waals surface area contributed by atoms with E-state index in [0.717, 1.165) is 37.3 Å². The zero-order valence-corrected chi connectivity index (χ0v) is 10.5. The van der Waals surface area contributed by atoms with Crippen molar-refractivity contribution in [3.8, 4) is 0 Å². The van der Waals surface area contributed by atoms with Crippen molar-refractivity contribution in [2.45, 2.75) is 26.2 Å². The van der Waals surface area contributed by atoms with Gasteiger partial charge in [-0.3, -0.25) is 4.79 Å². The molecule has 0 radical (unpaired) electrons. The van der Waals surface area contributed by atoms with Crippen LogP contribution in [0, 0.1) is 18.3 Å². The van der Waals surface area contributed by atoms with Gasteiger partial charge < -0.3 is 10.0 Å². The minimum Gasteiger partial charge on any atom is -0.481 e. The number of anilines is 1. The quantitative estimate of drug-likeness (QED) is 0.857. The summed E-state index contributed by atoms with van der Waals surface area (Å²) in [5.41, 5.74) is 0.375. The molecule has 0 spiro atoms. The normalized spacial score (nSPS) is 30.5. The van der Waals surface area contributed by atoms with Crippen LogP contribution in [0.2, 0.25) is 0 Å². The average molecular weight is 247 g/mol. The number of carboxylic acid groups (broad SMARTS) is 1. The second-order valence-electron chi connectivity index (χ2n) is 5.45. The largest absolute Gasteiger partial charge is 0.481 e. The van der Waals surface area contributed by atoms with Gasteiger partial charge in [-0.2, -0.15) is 0 Å². The summed E-state index contributed by atoms with van der Waals surface area (Å²) < 4.78 is 0. The van der Waals surface area contributed by atoms with Crippen molar-refractivity contribution in [1.29, 1.82) is 0 Å². The molecule has 5 nitrogen and oxygen atoms in total. The van der Waals surface area contributed by atoms with Gasteiger partial charge in [0.15, 0.2) is 0 Å². The number of aliphatic carboxylic acids is 1. The van der Waals surface area contributed by atoms with Crippen LogP contribution in [0.4, 0.5) is 5.82 Å². The molecule has 1 saturated carbocycles. The molecular weight excluding hydrogens is 230 g/mol. The van der Waals surface area contributed by atoms with Crippen molar-refractivity contribution in [2.24, 2.45) is 11.3 Å². The van der Waals surface area contributed by atoms with Crippen molar-refractivity contribution in [1.82, 2.24) is 9.97 Å². The molecule has 0 unspecified atom stereocenters. The van der Waals surface area contributed by atoms with Crippen molar-refractivity contribution in [2.75, 3.05) is 18.0 Å². The van der Waals surface area contributed by atoms with Crippen LogP contribution in [0.15, 0.2) is 12.4 Å². The molecule has 5 heteroatoms. The SMILES string of the molecule is Cc1cc(N2C[C@@H]3CCC[C@@]3(C(=O)O)C2)ncn1. The highest BCUT2D eigenvalue weighted by Gasteiger charge is 2.55. The lowest BCUT2D eigenvalue weighted by atomic mass is 9.81. The Morgan fingerprint density at radius 3 is 3.06 bits per heavy atom. The molecule has 2 heterocycles. The molecule has 1 saturated heterocycles. The zero-order valence-electron chi connectivity index (χ0n) is 10.5. The van der Waals surface area contributed by atoms with Crippen LogP contribution in [0.3, 0.4) is 0 Å². The van der Waals surface area contributed by atoms with Crippen LogP contribution < -0.4 is 4.90 Å². The first-order valence-corrected chi connectivity index (χ1v) is 6.39. The molecule has 1 N–H and O–H groups in total. The van der Waals surface area contributed by atoms with Gasteiger partial charge in [-0.1, -0.05) is 6.42 Å². The van der Waals surface area contributed by atoms with Crippen LogP contribution >= 0.6 is 0 Å². The fraction of sp³-hybridized carbons (Fsp3) is 0.615. The van der Waals surface area contributed by atoms with E-state index in [1.54, 1.807) is 6.33 Å². The minimum atomic E-state index is -0.640. The average Bonchev–Trinajstić information content (AvgIpc) is 2.85. The molecule has 96 valence electrons. The summed E-state index contributed by atoms with van der Waals surface area (Å²) in [5, 5.41) is 9.53. The third-order valence-electron chi connectivity index (χ3n) is 4.41. The Kier molecular flexibility index (Phi) is 2.50. The summed E-state index contributed by atoms with van der Waals surface area (Å²) in [6, 6.07) is 1.93. The number of carboxylic acids is 1. The van der Waals surface area contributed by atoms with Crippen LogP contribution in [0.1, 0.15) is 25.0 Å². The van der Waals surface area contributed by atoms with E-state index < -0.39 is 11.4 Å². The molecule has 2 fully saturated rings. The maximum atomic E-state index is 11.6. The molecule has 1 aromatic rings. The topological polar surface area (TPSA) is 66.3 Å². The van der Waals surface area contributed by atoms with Crippen LogP contribution in [-0.4, -0.2) is 34.1 Å². The van der Waals surface area contributed by atoms with Gasteiger partial charge in [0.1, 0.15) is 12.1 Å². The fourth-order valence-corrected chi connectivity index (χ4v) is 3.43. The van der Waals surface area contributed by atoms with Gasteiger partial charge in [-0.25, -0.2) is 9.97 Å². The number of carbonyl (C=O) groups is 1. The molecule has 2 atom stereocenters. The molecule has 0 aromatic carbocycles. The van der Waals surface area contributed by atoms with Crippen LogP contribution in [-0.2, 0) is 4.79 Å². The highest BCUT2D eigenvalue weighted by Crippen LogP contribution is 2.49. The van der Waals surface area contributed by atoms with Crippen molar-refractivity contribution < 1.29 is 9.90 Å². The lowest BCUT2D eigenvalue weighted by Gasteiger charge is -2.23.